The average Bonchev–Trinajstić information content (AvgIpc) is 3.09. The zero-order valence-corrected chi connectivity index (χ0v) is 17.0. The summed E-state index contributed by atoms with van der Waals surface area (Å²) < 4.78 is 5.21. The average molecular weight is 386 g/mol. The Kier molecular flexibility index (Phi) is 5.52. The number of rotatable bonds is 7. The van der Waals surface area contributed by atoms with E-state index in [0.29, 0.717) is 0 Å². The molecular formula is C25H27N3O. The maximum atomic E-state index is 6.31. The molecule has 0 saturated carbocycles. The molecule has 0 saturated heterocycles. The molecule has 0 aliphatic carbocycles. The van der Waals surface area contributed by atoms with Crippen LogP contribution in [0.4, 0.5) is 5.69 Å². The summed E-state index contributed by atoms with van der Waals surface area (Å²) in [4.78, 5) is 8.26. The first-order chi connectivity index (χ1) is 14.2. The molecule has 2 heterocycles. The van der Waals surface area contributed by atoms with Gasteiger partial charge in [0.2, 0.25) is 0 Å². The standard InChI is InChI=1S/C25H27N3O/c1-3-4-5-6-24-22(26)16-21-20-15-18(11-14-23(20)27-25(21)28-24)8-7-17-9-12-19(29-2)13-10-17/h7-16H,3-6,26H2,1-2H3,(H,27,28). The van der Waals surface area contributed by atoms with E-state index in [0.717, 1.165) is 63.0 Å². The number of aryl methyl sites for hydroxylation is 1. The fourth-order valence-electron chi connectivity index (χ4n) is 3.64. The molecule has 0 aliphatic heterocycles. The molecule has 0 bridgehead atoms. The molecular weight excluding hydrogens is 358 g/mol. The highest BCUT2D eigenvalue weighted by Gasteiger charge is 2.10. The van der Waals surface area contributed by atoms with Crippen molar-refractivity contribution in [3.63, 3.8) is 0 Å². The van der Waals surface area contributed by atoms with Crippen LogP contribution in [-0.4, -0.2) is 17.1 Å². The van der Waals surface area contributed by atoms with Crippen molar-refractivity contribution >= 4 is 39.8 Å². The molecule has 0 spiro atoms. The molecule has 4 aromatic rings. The minimum Gasteiger partial charge on any atom is -0.497 e. The predicted octanol–water partition coefficient (Wildman–Crippen LogP) is 6.21. The number of H-pyrrole nitrogens is 1. The van der Waals surface area contributed by atoms with Gasteiger partial charge in [0.15, 0.2) is 0 Å². The number of methoxy groups -OCH3 is 1. The van der Waals surface area contributed by atoms with Gasteiger partial charge < -0.3 is 15.5 Å². The number of nitrogens with one attached hydrogen (secondary N) is 1. The fraction of sp³-hybridized carbons (Fsp3) is 0.240. The summed E-state index contributed by atoms with van der Waals surface area (Å²) in [5.41, 5.74) is 12.4. The summed E-state index contributed by atoms with van der Waals surface area (Å²) >= 11 is 0. The van der Waals surface area contributed by atoms with E-state index in [1.54, 1.807) is 7.11 Å². The first-order valence-corrected chi connectivity index (χ1v) is 10.2. The van der Waals surface area contributed by atoms with Gasteiger partial charge in [-0.1, -0.05) is 50.1 Å². The lowest BCUT2D eigenvalue weighted by molar-refractivity contribution is 0.415. The van der Waals surface area contributed by atoms with Crippen LogP contribution in [0.3, 0.4) is 0 Å². The lowest BCUT2D eigenvalue weighted by atomic mass is 10.1. The quantitative estimate of drug-likeness (QED) is 0.294. The molecule has 0 amide bonds. The van der Waals surface area contributed by atoms with Gasteiger partial charge in [0.25, 0.3) is 0 Å². The summed E-state index contributed by atoms with van der Waals surface area (Å²) in [5, 5.41) is 2.23. The van der Waals surface area contributed by atoms with Crippen molar-refractivity contribution < 1.29 is 4.74 Å². The molecule has 3 N–H and O–H groups in total. The van der Waals surface area contributed by atoms with Gasteiger partial charge in [-0.3, -0.25) is 0 Å². The normalized spacial score (nSPS) is 11.7. The minimum atomic E-state index is 0.786. The number of hydrogen-bond acceptors (Lipinski definition) is 3. The van der Waals surface area contributed by atoms with E-state index in [-0.39, 0.29) is 0 Å². The molecule has 29 heavy (non-hydrogen) atoms. The van der Waals surface area contributed by atoms with Gasteiger partial charge in [-0.05, 0) is 54.3 Å². The van der Waals surface area contributed by atoms with Crippen LogP contribution in [0.15, 0.2) is 48.5 Å². The molecule has 148 valence electrons. The van der Waals surface area contributed by atoms with Crippen LogP contribution in [0, 0.1) is 0 Å². The molecule has 0 radical (unpaired) electrons. The van der Waals surface area contributed by atoms with Crippen LogP contribution in [0.25, 0.3) is 34.1 Å². The van der Waals surface area contributed by atoms with Gasteiger partial charge >= 0.3 is 0 Å². The summed E-state index contributed by atoms with van der Waals surface area (Å²) in [6, 6.07) is 16.5. The number of nitrogen functional groups attached to an aromatic ring is 1. The number of nitrogens with two attached hydrogens (primary N) is 1. The highest BCUT2D eigenvalue weighted by molar-refractivity contribution is 6.07. The van der Waals surface area contributed by atoms with Crippen LogP contribution in [-0.2, 0) is 6.42 Å². The zero-order valence-electron chi connectivity index (χ0n) is 17.0. The Morgan fingerprint density at radius 3 is 2.48 bits per heavy atom. The molecule has 2 aromatic heterocycles. The molecule has 4 rings (SSSR count). The topological polar surface area (TPSA) is 63.9 Å². The van der Waals surface area contributed by atoms with Crippen molar-refractivity contribution in [2.75, 3.05) is 12.8 Å². The second kappa shape index (κ2) is 8.39. The number of fused-ring (bicyclic) bond motifs is 3. The van der Waals surface area contributed by atoms with E-state index >= 15 is 0 Å². The van der Waals surface area contributed by atoms with E-state index in [1.165, 1.54) is 12.8 Å². The Morgan fingerprint density at radius 1 is 0.966 bits per heavy atom. The molecule has 0 fully saturated rings. The summed E-state index contributed by atoms with van der Waals surface area (Å²) in [6.07, 6.45) is 8.68. The third-order valence-electron chi connectivity index (χ3n) is 5.32. The minimum absolute atomic E-state index is 0.786. The number of aromatic amines is 1. The molecule has 4 nitrogen and oxygen atoms in total. The second-order valence-electron chi connectivity index (χ2n) is 7.41. The number of unbranched alkanes of at least 4 members (excludes halogenated alkanes) is 2. The number of anilines is 1. The van der Waals surface area contributed by atoms with E-state index < -0.39 is 0 Å². The Morgan fingerprint density at radius 2 is 1.72 bits per heavy atom. The van der Waals surface area contributed by atoms with E-state index in [4.69, 9.17) is 15.5 Å². The van der Waals surface area contributed by atoms with E-state index in [1.807, 2.05) is 24.3 Å². The van der Waals surface area contributed by atoms with Gasteiger partial charge in [-0.2, -0.15) is 0 Å². The number of benzene rings is 2. The lowest BCUT2D eigenvalue weighted by Gasteiger charge is -2.04. The second-order valence-corrected chi connectivity index (χ2v) is 7.41. The summed E-state index contributed by atoms with van der Waals surface area (Å²) in [7, 11) is 1.68. The highest BCUT2D eigenvalue weighted by Crippen LogP contribution is 2.29. The van der Waals surface area contributed by atoms with Gasteiger partial charge in [-0.15, -0.1) is 0 Å². The van der Waals surface area contributed by atoms with Crippen LogP contribution in [0.2, 0.25) is 0 Å². The molecule has 0 unspecified atom stereocenters. The first kappa shape index (κ1) is 19.1. The van der Waals surface area contributed by atoms with Gasteiger partial charge in [0.05, 0.1) is 18.5 Å². The van der Waals surface area contributed by atoms with Crippen LogP contribution in [0.5, 0.6) is 5.75 Å². The van der Waals surface area contributed by atoms with E-state index in [2.05, 4.69) is 48.3 Å². The Balaban J connectivity index is 1.64. The monoisotopic (exact) mass is 385 g/mol. The maximum Gasteiger partial charge on any atom is 0.138 e. The summed E-state index contributed by atoms with van der Waals surface area (Å²) in [6.45, 7) is 2.21. The maximum absolute atomic E-state index is 6.31. The number of nitrogens with zero attached hydrogens (tertiary/aromatic N) is 1. The molecule has 0 atom stereocenters. The van der Waals surface area contributed by atoms with Crippen molar-refractivity contribution in [1.82, 2.24) is 9.97 Å². The van der Waals surface area contributed by atoms with Gasteiger partial charge in [-0.25, -0.2) is 4.98 Å². The smallest absolute Gasteiger partial charge is 0.138 e. The fourth-order valence-corrected chi connectivity index (χ4v) is 3.64. The van der Waals surface area contributed by atoms with Gasteiger partial charge in [0.1, 0.15) is 11.4 Å². The SMILES string of the molecule is CCCCCc1nc2[nH]c3ccc(C=Cc4ccc(OC)cc4)cc3c2cc1N. The van der Waals surface area contributed by atoms with Gasteiger partial charge in [0, 0.05) is 16.3 Å². The summed E-state index contributed by atoms with van der Waals surface area (Å²) in [5.74, 6) is 0.863. The zero-order chi connectivity index (χ0) is 20.2. The highest BCUT2D eigenvalue weighted by atomic mass is 16.5. The van der Waals surface area contributed by atoms with Crippen molar-refractivity contribution in [3.8, 4) is 5.75 Å². The Hall–Kier alpha value is -3.27. The van der Waals surface area contributed by atoms with Crippen LogP contribution in [0.1, 0.15) is 43.0 Å². The van der Waals surface area contributed by atoms with Crippen LogP contribution >= 0.6 is 0 Å². The van der Waals surface area contributed by atoms with Crippen molar-refractivity contribution in [2.24, 2.45) is 0 Å². The Bertz CT molecular complexity index is 1160. The lowest BCUT2D eigenvalue weighted by Crippen LogP contribution is -1.98. The third kappa shape index (κ3) is 4.11. The predicted molar refractivity (Wildman–Crippen MR) is 123 cm³/mol. The number of ether oxygens (including phenoxy) is 1. The molecule has 2 aromatic carbocycles. The number of hydrogen-bond donors (Lipinski definition) is 2. The molecule has 0 aliphatic rings. The Labute approximate surface area is 171 Å². The largest absolute Gasteiger partial charge is 0.497 e. The van der Waals surface area contributed by atoms with Crippen molar-refractivity contribution in [3.05, 3.63) is 65.4 Å². The van der Waals surface area contributed by atoms with Crippen molar-refractivity contribution in [1.29, 1.82) is 0 Å². The van der Waals surface area contributed by atoms with Crippen LogP contribution < -0.4 is 10.5 Å². The first-order valence-electron chi connectivity index (χ1n) is 10.2. The third-order valence-corrected chi connectivity index (χ3v) is 5.32. The van der Waals surface area contributed by atoms with E-state index in [9.17, 15) is 0 Å². The van der Waals surface area contributed by atoms with Crippen molar-refractivity contribution in [2.45, 2.75) is 32.6 Å². The number of aromatic nitrogens is 2. The number of pyridine rings is 1. The molecule has 4 heteroatoms.